The highest BCUT2D eigenvalue weighted by molar-refractivity contribution is 8.10. The Balaban J connectivity index is 1.99. The summed E-state index contributed by atoms with van der Waals surface area (Å²) < 4.78 is 26.9. The first-order valence-corrected chi connectivity index (χ1v) is 10.2. The number of aromatic nitrogens is 2. The lowest BCUT2D eigenvalue weighted by Gasteiger charge is -2.23. The van der Waals surface area contributed by atoms with Gasteiger partial charge in [-0.25, -0.2) is 0 Å². The molecule has 4 rings (SSSR count). The standard InChI is InChI=1S/C18H15N3O3S2/c1-13(22)21(26(23,24)15-7-3-2-4-8-15)20-18-14(11-19-20)12-25-17-10-6-5-9-16(17)18/h2-8,10-12H,9H2,1H3. The first kappa shape index (κ1) is 16.9. The van der Waals surface area contributed by atoms with E-state index in [1.165, 1.54) is 23.8 Å². The molecule has 0 radical (unpaired) electrons. The summed E-state index contributed by atoms with van der Waals surface area (Å²) in [6.07, 6.45) is 8.18. The Hall–Kier alpha value is -2.58. The molecule has 0 saturated heterocycles. The Morgan fingerprint density at radius 3 is 2.77 bits per heavy atom. The van der Waals surface area contributed by atoms with Crippen LogP contribution in [0.15, 0.2) is 64.6 Å². The number of fused-ring (bicyclic) bond motifs is 2. The van der Waals surface area contributed by atoms with Gasteiger partial charge in [-0.05, 0) is 35.6 Å². The van der Waals surface area contributed by atoms with Crippen molar-refractivity contribution in [3.8, 4) is 0 Å². The van der Waals surface area contributed by atoms with Crippen LogP contribution in [-0.4, -0.2) is 24.2 Å². The van der Waals surface area contributed by atoms with Gasteiger partial charge in [-0.1, -0.05) is 42.1 Å². The molecule has 2 aliphatic rings. The highest BCUT2D eigenvalue weighted by atomic mass is 32.2. The number of allylic oxidation sites excluding steroid dienone is 4. The molecule has 0 N–H and O–H groups in total. The summed E-state index contributed by atoms with van der Waals surface area (Å²) in [4.78, 5) is 14.6. The lowest BCUT2D eigenvalue weighted by atomic mass is 10.1. The summed E-state index contributed by atoms with van der Waals surface area (Å²) >= 11 is 1.57. The predicted octanol–water partition coefficient (Wildman–Crippen LogP) is 1.24. The van der Waals surface area contributed by atoms with Crippen molar-refractivity contribution >= 4 is 38.7 Å². The summed E-state index contributed by atoms with van der Waals surface area (Å²) in [6, 6.07) is 7.89. The quantitative estimate of drug-likeness (QED) is 0.795. The Morgan fingerprint density at radius 2 is 2.04 bits per heavy atom. The van der Waals surface area contributed by atoms with E-state index in [2.05, 4.69) is 5.10 Å². The average Bonchev–Trinajstić information content (AvgIpc) is 3.06. The van der Waals surface area contributed by atoms with Crippen LogP contribution >= 0.6 is 11.8 Å². The van der Waals surface area contributed by atoms with Crippen LogP contribution in [0.2, 0.25) is 0 Å². The number of sulfonamides is 1. The molecule has 1 aliphatic carbocycles. The minimum absolute atomic E-state index is 0.0397. The van der Waals surface area contributed by atoms with Gasteiger partial charge in [0.25, 0.3) is 15.9 Å². The lowest BCUT2D eigenvalue weighted by Crippen LogP contribution is -2.52. The maximum absolute atomic E-state index is 13.1. The molecular weight excluding hydrogens is 370 g/mol. The Labute approximate surface area is 154 Å². The third-order valence-electron chi connectivity index (χ3n) is 4.09. The molecule has 0 atom stereocenters. The first-order valence-electron chi connectivity index (χ1n) is 7.92. The minimum Gasteiger partial charge on any atom is -0.272 e. The number of hydrogen-bond donors (Lipinski definition) is 0. The Kier molecular flexibility index (Phi) is 4.08. The average molecular weight is 385 g/mol. The molecule has 0 saturated carbocycles. The lowest BCUT2D eigenvalue weighted by molar-refractivity contribution is -0.116. The fraction of sp³-hybridized carbons (Fsp3) is 0.111. The molecule has 1 aromatic carbocycles. The van der Waals surface area contributed by atoms with Gasteiger partial charge in [0.05, 0.1) is 16.4 Å². The Morgan fingerprint density at radius 1 is 1.27 bits per heavy atom. The van der Waals surface area contributed by atoms with Gasteiger partial charge in [-0.2, -0.15) is 18.3 Å². The van der Waals surface area contributed by atoms with Crippen LogP contribution in [0.5, 0.6) is 0 Å². The summed E-state index contributed by atoms with van der Waals surface area (Å²) in [6.45, 7) is 1.22. The summed E-state index contributed by atoms with van der Waals surface area (Å²) in [5, 5.41) is 7.58. The van der Waals surface area contributed by atoms with Gasteiger partial charge in [0.2, 0.25) is 0 Å². The van der Waals surface area contributed by atoms with Gasteiger partial charge in [-0.3, -0.25) is 4.79 Å². The number of nitrogens with zero attached hydrogens (tertiary/aromatic N) is 3. The van der Waals surface area contributed by atoms with E-state index in [4.69, 9.17) is 0 Å². The molecule has 0 bridgehead atoms. The first-order chi connectivity index (χ1) is 12.5. The predicted molar refractivity (Wildman–Crippen MR) is 101 cm³/mol. The number of benzene rings is 1. The Bertz CT molecular complexity index is 1180. The molecule has 6 nitrogen and oxygen atoms in total. The van der Waals surface area contributed by atoms with Gasteiger partial charge in [0.15, 0.2) is 0 Å². The second kappa shape index (κ2) is 6.30. The van der Waals surface area contributed by atoms with Crippen LogP contribution in [0.25, 0.3) is 11.0 Å². The van der Waals surface area contributed by atoms with Gasteiger partial charge in [-0.15, -0.1) is 4.41 Å². The van der Waals surface area contributed by atoms with E-state index in [-0.39, 0.29) is 4.90 Å². The maximum atomic E-state index is 13.1. The molecule has 2 aromatic rings. The maximum Gasteiger partial charge on any atom is 0.286 e. The van der Waals surface area contributed by atoms with Crippen molar-refractivity contribution in [1.29, 1.82) is 0 Å². The molecule has 1 amide bonds. The van der Waals surface area contributed by atoms with Crippen LogP contribution in [0.3, 0.4) is 0 Å². The molecule has 0 fully saturated rings. The largest absolute Gasteiger partial charge is 0.286 e. The van der Waals surface area contributed by atoms with E-state index in [9.17, 15) is 13.2 Å². The van der Waals surface area contributed by atoms with E-state index in [0.29, 0.717) is 11.8 Å². The van der Waals surface area contributed by atoms with Crippen molar-refractivity contribution in [3.63, 3.8) is 0 Å². The van der Waals surface area contributed by atoms with Crippen molar-refractivity contribution < 1.29 is 13.2 Å². The van der Waals surface area contributed by atoms with Crippen LogP contribution in [0, 0.1) is 0 Å². The SMILES string of the molecule is CC(=O)N(n1ncc2c1=C1CC=CC=C1SC=2)S(=O)(=O)c1ccccc1. The zero-order valence-corrected chi connectivity index (χ0v) is 15.5. The molecule has 1 aromatic heterocycles. The third-order valence-corrected chi connectivity index (χ3v) is 6.83. The second-order valence-electron chi connectivity index (χ2n) is 5.80. The highest BCUT2D eigenvalue weighted by Gasteiger charge is 2.31. The van der Waals surface area contributed by atoms with Crippen molar-refractivity contribution in [2.75, 3.05) is 4.41 Å². The second-order valence-corrected chi connectivity index (χ2v) is 8.47. The number of thioether (sulfide) groups is 1. The fourth-order valence-electron chi connectivity index (χ4n) is 2.96. The zero-order valence-electron chi connectivity index (χ0n) is 13.9. The zero-order chi connectivity index (χ0) is 18.3. The molecule has 0 unspecified atom stereocenters. The van der Waals surface area contributed by atoms with E-state index >= 15 is 0 Å². The van der Waals surface area contributed by atoms with Gasteiger partial charge in [0, 0.05) is 17.0 Å². The highest BCUT2D eigenvalue weighted by Crippen LogP contribution is 2.32. The molecule has 0 spiro atoms. The third kappa shape index (κ3) is 2.62. The number of carbonyl (C=O) groups is 1. The molecule has 2 heterocycles. The summed E-state index contributed by atoms with van der Waals surface area (Å²) in [5.41, 5.74) is 0.960. The topological polar surface area (TPSA) is 72.3 Å². The fourth-order valence-corrected chi connectivity index (χ4v) is 5.23. The monoisotopic (exact) mass is 385 g/mol. The number of amides is 1. The van der Waals surface area contributed by atoms with Gasteiger partial charge >= 0.3 is 0 Å². The van der Waals surface area contributed by atoms with Gasteiger partial charge < -0.3 is 0 Å². The van der Waals surface area contributed by atoms with Crippen molar-refractivity contribution in [3.05, 3.63) is 70.2 Å². The smallest absolute Gasteiger partial charge is 0.272 e. The van der Waals surface area contributed by atoms with E-state index in [1.54, 1.807) is 36.2 Å². The van der Waals surface area contributed by atoms with Crippen LogP contribution in [0.1, 0.15) is 13.3 Å². The van der Waals surface area contributed by atoms with Crippen LogP contribution < -0.4 is 15.0 Å². The van der Waals surface area contributed by atoms with Crippen molar-refractivity contribution in [2.45, 2.75) is 18.2 Å². The minimum atomic E-state index is -4.08. The molecule has 1 aliphatic heterocycles. The number of carbonyl (C=O) groups excluding carboxylic acids is 1. The number of rotatable bonds is 3. The summed E-state index contributed by atoms with van der Waals surface area (Å²) in [5.74, 6) is -0.629. The van der Waals surface area contributed by atoms with Crippen molar-refractivity contribution in [1.82, 2.24) is 9.89 Å². The van der Waals surface area contributed by atoms with E-state index in [1.807, 2.05) is 23.6 Å². The molecular formula is C18H15N3O3S2. The summed E-state index contributed by atoms with van der Waals surface area (Å²) in [7, 11) is -4.08. The van der Waals surface area contributed by atoms with E-state index in [0.717, 1.165) is 20.1 Å². The molecule has 26 heavy (non-hydrogen) atoms. The van der Waals surface area contributed by atoms with E-state index < -0.39 is 15.9 Å². The molecule has 8 heteroatoms. The van der Waals surface area contributed by atoms with Crippen molar-refractivity contribution in [2.24, 2.45) is 0 Å². The van der Waals surface area contributed by atoms with Gasteiger partial charge in [0.1, 0.15) is 0 Å². The van der Waals surface area contributed by atoms with Crippen LogP contribution in [0.4, 0.5) is 0 Å². The molecule has 132 valence electrons. The van der Waals surface area contributed by atoms with Crippen LogP contribution in [-0.2, 0) is 14.8 Å². The normalized spacial score (nSPS) is 15.6. The number of hydrogen-bond acceptors (Lipinski definition) is 5.